The van der Waals surface area contributed by atoms with Gasteiger partial charge in [0.25, 0.3) is 0 Å². The van der Waals surface area contributed by atoms with E-state index in [1.807, 2.05) is 24.3 Å². The number of phenolic OH excluding ortho intramolecular Hbond substituents is 1. The van der Waals surface area contributed by atoms with Crippen LogP contribution in [0.15, 0.2) is 42.5 Å². The number of halogens is 3. The van der Waals surface area contributed by atoms with Crippen molar-refractivity contribution in [2.45, 2.75) is 55.9 Å². The van der Waals surface area contributed by atoms with Gasteiger partial charge in [0.15, 0.2) is 5.82 Å². The quantitative estimate of drug-likeness (QED) is 0.302. The predicted molar refractivity (Wildman–Crippen MR) is 160 cm³/mol. The summed E-state index contributed by atoms with van der Waals surface area (Å²) in [6.07, 6.45) is 3.57. The topological polar surface area (TPSA) is 73.8 Å². The molecule has 3 aromatic carbocycles. The van der Waals surface area contributed by atoms with Crippen molar-refractivity contribution >= 4 is 39.1 Å². The number of nitrogens with zero attached hydrogens (tertiary/aromatic N) is 4. The van der Waals surface area contributed by atoms with Gasteiger partial charge in [0.05, 0.1) is 10.6 Å². The maximum Gasteiger partial charge on any atom is 0.319 e. The molecule has 8 rings (SSSR count). The van der Waals surface area contributed by atoms with Crippen molar-refractivity contribution in [3.63, 3.8) is 0 Å². The Labute approximate surface area is 247 Å². The van der Waals surface area contributed by atoms with Crippen LogP contribution in [0.4, 0.5) is 14.6 Å². The molecule has 4 aliphatic heterocycles. The van der Waals surface area contributed by atoms with Crippen LogP contribution in [0, 0.1) is 5.82 Å². The highest BCUT2D eigenvalue weighted by Crippen LogP contribution is 2.44. The first kappa shape index (κ1) is 26.4. The van der Waals surface area contributed by atoms with Crippen molar-refractivity contribution in [3.8, 4) is 22.9 Å². The molecule has 2 bridgehead atoms. The highest BCUT2D eigenvalue weighted by molar-refractivity contribution is 6.35. The van der Waals surface area contributed by atoms with Crippen LogP contribution >= 0.6 is 11.6 Å². The minimum Gasteiger partial charge on any atom is -0.508 e. The minimum absolute atomic E-state index is 0.0195. The minimum atomic E-state index is -0.877. The SMILES string of the molecule is Oc1cc(-c2c(Cl)cc3c(N4C[C@H]5CC[C@@H](C4)N5)nc(OC[C@@]45CCCN4C[C@H](F)C5)nc3c2F)c2ccccc2c1. The highest BCUT2D eigenvalue weighted by atomic mass is 35.5. The molecule has 0 amide bonds. The van der Waals surface area contributed by atoms with Crippen molar-refractivity contribution in [1.82, 2.24) is 20.2 Å². The van der Waals surface area contributed by atoms with Gasteiger partial charge in [-0.2, -0.15) is 9.97 Å². The number of ether oxygens (including phenoxy) is 1. The molecule has 4 aliphatic rings. The third kappa shape index (κ3) is 4.28. The van der Waals surface area contributed by atoms with Gasteiger partial charge < -0.3 is 20.1 Å². The van der Waals surface area contributed by atoms with Gasteiger partial charge >= 0.3 is 6.01 Å². The molecule has 1 aromatic heterocycles. The lowest BCUT2D eigenvalue weighted by Gasteiger charge is -2.34. The summed E-state index contributed by atoms with van der Waals surface area (Å²) in [6, 6.07) is 13.2. The molecule has 0 spiro atoms. The fourth-order valence-electron chi connectivity index (χ4n) is 7.83. The molecule has 0 saturated carbocycles. The average molecular weight is 592 g/mol. The Morgan fingerprint density at radius 3 is 2.71 bits per heavy atom. The number of fused-ring (bicyclic) bond motifs is 5. The molecule has 7 nitrogen and oxygen atoms in total. The number of aromatic nitrogens is 2. The largest absolute Gasteiger partial charge is 0.508 e. The van der Waals surface area contributed by atoms with E-state index in [9.17, 15) is 9.50 Å². The lowest BCUT2D eigenvalue weighted by atomic mass is 9.95. The van der Waals surface area contributed by atoms with Gasteiger partial charge in [-0.1, -0.05) is 35.9 Å². The smallest absolute Gasteiger partial charge is 0.319 e. The number of anilines is 1. The van der Waals surface area contributed by atoms with Crippen LogP contribution in [0.2, 0.25) is 5.02 Å². The number of rotatable bonds is 5. The Morgan fingerprint density at radius 1 is 1.07 bits per heavy atom. The van der Waals surface area contributed by atoms with Crippen LogP contribution in [0.25, 0.3) is 32.8 Å². The third-order valence-corrected chi connectivity index (χ3v) is 10.0. The van der Waals surface area contributed by atoms with Gasteiger partial charge in [-0.3, -0.25) is 4.90 Å². The molecule has 218 valence electrons. The zero-order chi connectivity index (χ0) is 28.6. The first-order chi connectivity index (χ1) is 20.4. The second kappa shape index (κ2) is 9.89. The van der Waals surface area contributed by atoms with Gasteiger partial charge in [-0.25, -0.2) is 8.78 Å². The number of nitrogens with one attached hydrogen (secondary N) is 1. The number of aromatic hydroxyl groups is 1. The van der Waals surface area contributed by atoms with Crippen molar-refractivity contribution in [2.75, 3.05) is 37.7 Å². The molecule has 2 N–H and O–H groups in total. The van der Waals surface area contributed by atoms with Crippen molar-refractivity contribution in [1.29, 1.82) is 0 Å². The van der Waals surface area contributed by atoms with E-state index >= 15 is 4.39 Å². The van der Waals surface area contributed by atoms with Crippen molar-refractivity contribution in [2.24, 2.45) is 0 Å². The zero-order valence-corrected chi connectivity index (χ0v) is 23.9. The maximum atomic E-state index is 16.8. The fraction of sp³-hybridized carbons (Fsp3) is 0.438. The molecule has 4 aromatic rings. The fourth-order valence-corrected chi connectivity index (χ4v) is 8.13. The molecule has 5 heterocycles. The van der Waals surface area contributed by atoms with Crippen LogP contribution in [0.1, 0.15) is 32.1 Å². The Bertz CT molecular complexity index is 1710. The van der Waals surface area contributed by atoms with E-state index in [1.54, 1.807) is 12.1 Å². The van der Waals surface area contributed by atoms with E-state index in [-0.39, 0.29) is 40.0 Å². The first-order valence-electron chi connectivity index (χ1n) is 14.8. The molecular weight excluding hydrogens is 560 g/mol. The van der Waals surface area contributed by atoms with Gasteiger partial charge in [-0.15, -0.1) is 0 Å². The predicted octanol–water partition coefficient (Wildman–Crippen LogP) is 5.84. The Morgan fingerprint density at radius 2 is 1.88 bits per heavy atom. The summed E-state index contributed by atoms with van der Waals surface area (Å²) < 4.78 is 37.5. The average Bonchev–Trinajstić information content (AvgIpc) is 3.62. The van der Waals surface area contributed by atoms with E-state index in [0.29, 0.717) is 41.8 Å². The number of phenols is 1. The molecule has 4 fully saturated rings. The molecule has 0 aliphatic carbocycles. The Balaban J connectivity index is 1.27. The summed E-state index contributed by atoms with van der Waals surface area (Å²) in [6.45, 7) is 3.00. The second-order valence-corrected chi connectivity index (χ2v) is 12.8. The lowest BCUT2D eigenvalue weighted by Crippen LogP contribution is -2.51. The number of piperazine rings is 1. The summed E-state index contributed by atoms with van der Waals surface area (Å²) in [4.78, 5) is 13.8. The molecule has 42 heavy (non-hydrogen) atoms. The molecule has 0 radical (unpaired) electrons. The van der Waals surface area contributed by atoms with Gasteiger partial charge in [0.2, 0.25) is 0 Å². The molecule has 4 saturated heterocycles. The van der Waals surface area contributed by atoms with Crippen LogP contribution in [-0.2, 0) is 0 Å². The van der Waals surface area contributed by atoms with Crippen molar-refractivity contribution < 1.29 is 18.6 Å². The summed E-state index contributed by atoms with van der Waals surface area (Å²) in [7, 11) is 0. The molecular formula is C32H32ClF2N5O2. The Kier molecular flexibility index (Phi) is 6.21. The van der Waals surface area contributed by atoms with Crippen LogP contribution in [0.3, 0.4) is 0 Å². The zero-order valence-electron chi connectivity index (χ0n) is 23.1. The van der Waals surface area contributed by atoms with Crippen LogP contribution in [0.5, 0.6) is 11.8 Å². The number of benzene rings is 3. The van der Waals surface area contributed by atoms with Gasteiger partial charge in [-0.05, 0) is 66.8 Å². The number of hydrogen-bond acceptors (Lipinski definition) is 7. The van der Waals surface area contributed by atoms with Crippen LogP contribution < -0.4 is 15.0 Å². The standard InChI is InChI=1S/C32H32ClF2N5O2/c33-26-12-25-29(28(35)27(26)24-11-22(41)10-18-4-1-2-5-23(18)24)37-31(38-30(25)39-15-20-6-7-21(16-39)36-20)42-17-32-8-3-9-40(32)14-19(34)13-32/h1-2,4-5,10-12,19-21,36,41H,3,6-9,13-17H2/t19-,20-,21+,32+/m1/s1. The summed E-state index contributed by atoms with van der Waals surface area (Å²) >= 11 is 6.86. The lowest BCUT2D eigenvalue weighted by molar-refractivity contribution is 0.107. The van der Waals surface area contributed by atoms with E-state index in [4.69, 9.17) is 21.3 Å². The van der Waals surface area contributed by atoms with E-state index in [2.05, 4.69) is 20.1 Å². The van der Waals surface area contributed by atoms with E-state index in [0.717, 1.165) is 56.1 Å². The third-order valence-electron chi connectivity index (χ3n) is 9.71. The summed E-state index contributed by atoms with van der Waals surface area (Å²) in [5.74, 6) is 0.0216. The second-order valence-electron chi connectivity index (χ2n) is 12.4. The van der Waals surface area contributed by atoms with Crippen LogP contribution in [-0.4, -0.2) is 76.6 Å². The number of hydrogen-bond donors (Lipinski definition) is 2. The summed E-state index contributed by atoms with van der Waals surface area (Å²) in [5, 5.41) is 16.4. The highest BCUT2D eigenvalue weighted by Gasteiger charge is 2.49. The summed E-state index contributed by atoms with van der Waals surface area (Å²) in [5.41, 5.74) is 0.390. The van der Waals surface area contributed by atoms with Gasteiger partial charge in [0, 0.05) is 49.1 Å². The van der Waals surface area contributed by atoms with Gasteiger partial charge in [0.1, 0.15) is 29.9 Å². The first-order valence-corrected chi connectivity index (χ1v) is 15.2. The maximum absolute atomic E-state index is 16.8. The molecule has 4 atom stereocenters. The normalized spacial score (nSPS) is 27.3. The Hall–Kier alpha value is -3.27. The van der Waals surface area contributed by atoms with E-state index < -0.39 is 12.0 Å². The monoisotopic (exact) mass is 591 g/mol. The van der Waals surface area contributed by atoms with E-state index in [1.165, 1.54) is 6.07 Å². The number of alkyl halides is 1. The van der Waals surface area contributed by atoms with Crippen molar-refractivity contribution in [3.05, 3.63) is 53.3 Å². The molecule has 0 unspecified atom stereocenters. The molecule has 10 heteroatoms.